The Labute approximate surface area is 156 Å². The summed E-state index contributed by atoms with van der Waals surface area (Å²) >= 11 is 0. The van der Waals surface area contributed by atoms with Gasteiger partial charge in [-0.3, -0.25) is 4.79 Å². The smallest absolute Gasteiger partial charge is 0.243 e. The van der Waals surface area contributed by atoms with E-state index in [0.717, 1.165) is 42.1 Å². The second kappa shape index (κ2) is 8.37. The molecule has 3 rings (SSSR count). The summed E-state index contributed by atoms with van der Waals surface area (Å²) < 4.78 is 0. The van der Waals surface area contributed by atoms with Crippen LogP contribution in [0.1, 0.15) is 22.3 Å². The maximum Gasteiger partial charge on any atom is 0.243 e. The number of nitrogens with zero attached hydrogens (tertiary/aromatic N) is 1. The first-order valence-corrected chi connectivity index (χ1v) is 8.46. The Morgan fingerprint density at radius 1 is 1.16 bits per heavy atom. The van der Waals surface area contributed by atoms with Crippen molar-refractivity contribution in [2.24, 2.45) is 0 Å². The van der Waals surface area contributed by atoms with Crippen molar-refractivity contribution < 1.29 is 4.79 Å². The first-order chi connectivity index (χ1) is 11.5. The fourth-order valence-corrected chi connectivity index (χ4v) is 3.42. The number of aryl methyl sites for hydroxylation is 3. The molecule has 2 aromatic rings. The molecule has 0 bridgehead atoms. The minimum Gasteiger partial charge on any atom is -0.361 e. The monoisotopic (exact) mass is 359 g/mol. The molecule has 0 atom stereocenters. The number of amides is 1. The number of carbonyl (C=O) groups excluding carboxylic acids is 1. The highest BCUT2D eigenvalue weighted by molar-refractivity contribution is 5.95. The van der Waals surface area contributed by atoms with Gasteiger partial charge in [0.05, 0.1) is 6.54 Å². The average Bonchev–Trinajstić information content (AvgIpc) is 2.73. The van der Waals surface area contributed by atoms with Crippen LogP contribution in [0.15, 0.2) is 36.4 Å². The highest BCUT2D eigenvalue weighted by atomic mass is 35.5. The largest absolute Gasteiger partial charge is 0.361 e. The maximum atomic E-state index is 12.6. The lowest BCUT2D eigenvalue weighted by molar-refractivity contribution is -0.115. The molecule has 2 aromatic carbocycles. The van der Waals surface area contributed by atoms with Gasteiger partial charge >= 0.3 is 0 Å². The number of benzene rings is 2. The molecule has 0 unspecified atom stereocenters. The van der Waals surface area contributed by atoms with Gasteiger partial charge in [0.2, 0.25) is 5.91 Å². The van der Waals surface area contributed by atoms with Crippen molar-refractivity contribution in [3.05, 3.63) is 58.7 Å². The van der Waals surface area contributed by atoms with E-state index in [0.29, 0.717) is 6.54 Å². The molecule has 0 radical (unpaired) electrons. The van der Waals surface area contributed by atoms with Crippen LogP contribution in [0.3, 0.4) is 0 Å². The number of anilines is 2. The Balaban J connectivity index is 0.00000225. The van der Waals surface area contributed by atoms with Crippen molar-refractivity contribution in [2.45, 2.75) is 27.3 Å². The van der Waals surface area contributed by atoms with Gasteiger partial charge in [-0.15, -0.1) is 12.4 Å². The van der Waals surface area contributed by atoms with Crippen molar-refractivity contribution >= 4 is 29.7 Å². The van der Waals surface area contributed by atoms with E-state index in [4.69, 9.17) is 0 Å². The van der Waals surface area contributed by atoms with Crippen molar-refractivity contribution in [3.8, 4) is 0 Å². The zero-order chi connectivity index (χ0) is 17.1. The van der Waals surface area contributed by atoms with Crippen LogP contribution in [0.5, 0.6) is 0 Å². The van der Waals surface area contributed by atoms with Gasteiger partial charge in [-0.05, 0) is 43.5 Å². The molecule has 25 heavy (non-hydrogen) atoms. The zero-order valence-electron chi connectivity index (χ0n) is 15.1. The summed E-state index contributed by atoms with van der Waals surface area (Å²) in [7, 11) is 0. The molecule has 1 heterocycles. The molecule has 0 saturated carbocycles. The second-order valence-corrected chi connectivity index (χ2v) is 6.55. The van der Waals surface area contributed by atoms with Gasteiger partial charge in [0.25, 0.3) is 0 Å². The zero-order valence-corrected chi connectivity index (χ0v) is 15.9. The summed E-state index contributed by atoms with van der Waals surface area (Å²) in [5, 5.41) is 6.51. The van der Waals surface area contributed by atoms with Crippen LogP contribution < -0.4 is 15.5 Å². The number of hydrogen-bond acceptors (Lipinski definition) is 3. The summed E-state index contributed by atoms with van der Waals surface area (Å²) in [6, 6.07) is 12.5. The van der Waals surface area contributed by atoms with Gasteiger partial charge in [-0.1, -0.05) is 35.9 Å². The predicted molar refractivity (Wildman–Crippen MR) is 107 cm³/mol. The molecular formula is C20H26ClN3O. The fraction of sp³-hybridized carbons (Fsp3) is 0.350. The molecule has 1 amide bonds. The number of halogens is 1. The lowest BCUT2D eigenvalue weighted by Gasteiger charge is -2.24. The maximum absolute atomic E-state index is 12.6. The highest BCUT2D eigenvalue weighted by Crippen LogP contribution is 2.24. The lowest BCUT2D eigenvalue weighted by Crippen LogP contribution is -2.36. The minimum atomic E-state index is 0. The molecule has 1 aliphatic heterocycles. The van der Waals surface area contributed by atoms with Crippen LogP contribution in [0.4, 0.5) is 11.4 Å². The van der Waals surface area contributed by atoms with Crippen LogP contribution in [-0.2, 0) is 11.3 Å². The van der Waals surface area contributed by atoms with Gasteiger partial charge in [-0.25, -0.2) is 0 Å². The van der Waals surface area contributed by atoms with Crippen LogP contribution in [0.25, 0.3) is 0 Å². The van der Waals surface area contributed by atoms with Crippen LogP contribution >= 0.6 is 12.4 Å². The van der Waals surface area contributed by atoms with Crippen LogP contribution in [-0.4, -0.2) is 25.5 Å². The van der Waals surface area contributed by atoms with Crippen LogP contribution in [0.2, 0.25) is 0 Å². The molecule has 5 heteroatoms. The van der Waals surface area contributed by atoms with E-state index in [-0.39, 0.29) is 18.3 Å². The molecule has 4 nitrogen and oxygen atoms in total. The molecule has 2 N–H and O–H groups in total. The SMILES string of the molecule is Cc1cc(C)c(NC(=O)CN2CCNCc3ccccc32)c(C)c1.Cl. The lowest BCUT2D eigenvalue weighted by atomic mass is 10.1. The second-order valence-electron chi connectivity index (χ2n) is 6.55. The standard InChI is InChI=1S/C20H25N3O.ClH/c1-14-10-15(2)20(16(3)11-14)22-19(24)13-23-9-8-21-12-17-6-4-5-7-18(17)23;/h4-7,10-11,21H,8-9,12-13H2,1-3H3,(H,22,24);1H. The molecule has 0 saturated heterocycles. The Bertz CT molecular complexity index is 737. The summed E-state index contributed by atoms with van der Waals surface area (Å²) in [5.74, 6) is 0.0294. The predicted octanol–water partition coefficient (Wildman–Crippen LogP) is 3.58. The number of para-hydroxylation sites is 1. The minimum absolute atomic E-state index is 0. The highest BCUT2D eigenvalue weighted by Gasteiger charge is 2.18. The van der Waals surface area contributed by atoms with E-state index in [1.165, 1.54) is 11.1 Å². The Morgan fingerprint density at radius 3 is 2.56 bits per heavy atom. The fourth-order valence-electron chi connectivity index (χ4n) is 3.42. The number of fused-ring (bicyclic) bond motifs is 1. The molecule has 0 fully saturated rings. The quantitative estimate of drug-likeness (QED) is 0.880. The van der Waals surface area contributed by atoms with Gasteiger partial charge in [-0.2, -0.15) is 0 Å². The first kappa shape index (κ1) is 19.3. The van der Waals surface area contributed by atoms with Crippen LogP contribution in [0, 0.1) is 20.8 Å². The van der Waals surface area contributed by atoms with E-state index in [1.807, 2.05) is 26.0 Å². The number of carbonyl (C=O) groups is 1. The number of hydrogen-bond donors (Lipinski definition) is 2. The third-order valence-corrected chi connectivity index (χ3v) is 4.48. The summed E-state index contributed by atoms with van der Waals surface area (Å²) in [4.78, 5) is 14.8. The normalized spacial score (nSPS) is 13.5. The Kier molecular flexibility index (Phi) is 6.45. The first-order valence-electron chi connectivity index (χ1n) is 8.46. The molecular weight excluding hydrogens is 334 g/mol. The Hall–Kier alpha value is -2.04. The van der Waals surface area contributed by atoms with E-state index in [1.54, 1.807) is 0 Å². The van der Waals surface area contributed by atoms with E-state index in [2.05, 4.69) is 46.7 Å². The van der Waals surface area contributed by atoms with E-state index < -0.39 is 0 Å². The molecule has 0 spiro atoms. The van der Waals surface area contributed by atoms with E-state index in [9.17, 15) is 4.79 Å². The van der Waals surface area contributed by atoms with Crippen molar-refractivity contribution in [1.82, 2.24) is 5.32 Å². The summed E-state index contributed by atoms with van der Waals surface area (Å²) in [6.07, 6.45) is 0. The third kappa shape index (κ3) is 4.53. The number of nitrogens with one attached hydrogen (secondary N) is 2. The summed E-state index contributed by atoms with van der Waals surface area (Å²) in [6.45, 7) is 9.09. The van der Waals surface area contributed by atoms with Gasteiger partial charge in [0, 0.05) is 31.0 Å². The average molecular weight is 360 g/mol. The topological polar surface area (TPSA) is 44.4 Å². The Morgan fingerprint density at radius 2 is 1.84 bits per heavy atom. The van der Waals surface area contributed by atoms with Gasteiger partial charge < -0.3 is 15.5 Å². The van der Waals surface area contributed by atoms with Crippen molar-refractivity contribution in [3.63, 3.8) is 0 Å². The molecule has 134 valence electrons. The van der Waals surface area contributed by atoms with Crippen molar-refractivity contribution in [1.29, 1.82) is 0 Å². The molecule has 0 aromatic heterocycles. The van der Waals surface area contributed by atoms with Crippen molar-refractivity contribution in [2.75, 3.05) is 29.9 Å². The van der Waals surface area contributed by atoms with Gasteiger partial charge in [0.15, 0.2) is 0 Å². The third-order valence-electron chi connectivity index (χ3n) is 4.48. The van der Waals surface area contributed by atoms with E-state index >= 15 is 0 Å². The van der Waals surface area contributed by atoms with Gasteiger partial charge in [0.1, 0.15) is 0 Å². The molecule has 0 aliphatic carbocycles. The summed E-state index contributed by atoms with van der Waals surface area (Å²) in [5.41, 5.74) is 6.76. The number of rotatable bonds is 3. The molecule has 1 aliphatic rings.